The van der Waals surface area contributed by atoms with Crippen molar-refractivity contribution in [1.29, 1.82) is 0 Å². The molecule has 1 heterocycles. The highest BCUT2D eigenvalue weighted by Gasteiger charge is 2.16. The second kappa shape index (κ2) is 9.44. The van der Waals surface area contributed by atoms with Gasteiger partial charge in [-0.05, 0) is 42.7 Å². The third-order valence-electron chi connectivity index (χ3n) is 6.20. The number of benzene rings is 4. The summed E-state index contributed by atoms with van der Waals surface area (Å²) in [5, 5.41) is 2.07. The molecule has 0 aliphatic heterocycles. The molecule has 0 aliphatic carbocycles. The van der Waals surface area contributed by atoms with Crippen LogP contribution in [0.2, 0.25) is 0 Å². The van der Waals surface area contributed by atoms with Crippen molar-refractivity contribution < 1.29 is 4.42 Å². The number of para-hydroxylation sites is 1. The van der Waals surface area contributed by atoms with Crippen LogP contribution in [0.25, 0.3) is 38.8 Å². The van der Waals surface area contributed by atoms with Crippen LogP contribution in [0, 0.1) is 0 Å². The maximum atomic E-state index is 6.29. The molecule has 2 nitrogen and oxygen atoms in total. The lowest BCUT2D eigenvalue weighted by Gasteiger charge is -2.09. The van der Waals surface area contributed by atoms with Gasteiger partial charge in [-0.25, -0.2) is 4.99 Å². The third kappa shape index (κ3) is 4.39. The van der Waals surface area contributed by atoms with Gasteiger partial charge in [0.25, 0.3) is 0 Å². The highest BCUT2D eigenvalue weighted by molar-refractivity contribution is 6.16. The number of hydrogen-bond donors (Lipinski definition) is 0. The second-order valence-corrected chi connectivity index (χ2v) is 8.75. The summed E-state index contributed by atoms with van der Waals surface area (Å²) in [5.74, 6) is 0. The van der Waals surface area contributed by atoms with Gasteiger partial charge in [-0.1, -0.05) is 104 Å². The average molecular weight is 454 g/mol. The fourth-order valence-corrected chi connectivity index (χ4v) is 4.41. The molecule has 4 aromatic carbocycles. The van der Waals surface area contributed by atoms with Crippen LogP contribution in [-0.2, 0) is 0 Å². The second-order valence-electron chi connectivity index (χ2n) is 8.75. The van der Waals surface area contributed by atoms with Crippen molar-refractivity contribution in [2.75, 3.05) is 0 Å². The van der Waals surface area contributed by atoms with E-state index in [-0.39, 0.29) is 0 Å². The zero-order valence-electron chi connectivity index (χ0n) is 20.1. The van der Waals surface area contributed by atoms with E-state index >= 15 is 0 Å². The Morgan fingerprint density at radius 2 is 1.34 bits per heavy atom. The molecule has 0 saturated carbocycles. The first kappa shape index (κ1) is 22.4. The largest absolute Gasteiger partial charge is 0.455 e. The number of aliphatic imine (C=N–C) groups is 1. The summed E-state index contributed by atoms with van der Waals surface area (Å²) in [6.45, 7) is 12.6. The maximum absolute atomic E-state index is 6.29. The number of allylic oxidation sites excluding steroid dienone is 3. The molecule has 0 unspecified atom stereocenters. The zero-order valence-corrected chi connectivity index (χ0v) is 20.1. The topological polar surface area (TPSA) is 25.5 Å². The van der Waals surface area contributed by atoms with Gasteiger partial charge in [-0.15, -0.1) is 0 Å². The molecule has 0 N–H and O–H groups in total. The Morgan fingerprint density at radius 3 is 2.03 bits per heavy atom. The van der Waals surface area contributed by atoms with Crippen LogP contribution in [0.4, 0.5) is 0 Å². The average Bonchev–Trinajstić information content (AvgIpc) is 3.28. The number of furan rings is 1. The van der Waals surface area contributed by atoms with Crippen molar-refractivity contribution in [2.24, 2.45) is 4.99 Å². The van der Waals surface area contributed by atoms with Gasteiger partial charge < -0.3 is 4.42 Å². The van der Waals surface area contributed by atoms with Crippen LogP contribution in [-0.4, -0.2) is 5.71 Å². The molecule has 0 spiro atoms. The molecule has 1 aromatic heterocycles. The lowest BCUT2D eigenvalue weighted by atomic mass is 10.0. The summed E-state index contributed by atoms with van der Waals surface area (Å²) in [6, 6.07) is 32.8. The van der Waals surface area contributed by atoms with Crippen molar-refractivity contribution in [2.45, 2.75) is 13.8 Å². The van der Waals surface area contributed by atoms with Crippen molar-refractivity contribution in [3.05, 3.63) is 139 Å². The van der Waals surface area contributed by atoms with E-state index in [1.54, 1.807) is 0 Å². The smallest absolute Gasteiger partial charge is 0.142 e. The van der Waals surface area contributed by atoms with Gasteiger partial charge in [-0.2, -0.15) is 0 Å². The Labute approximate surface area is 206 Å². The van der Waals surface area contributed by atoms with Crippen molar-refractivity contribution in [1.82, 2.24) is 0 Å². The van der Waals surface area contributed by atoms with Gasteiger partial charge in [0.2, 0.25) is 0 Å². The molecule has 5 aromatic rings. The Hall–Kier alpha value is -4.43. The van der Waals surface area contributed by atoms with E-state index in [0.29, 0.717) is 5.70 Å². The molecule has 0 radical (unpaired) electrons. The summed E-state index contributed by atoms with van der Waals surface area (Å²) in [6.07, 6.45) is 2.13. The summed E-state index contributed by atoms with van der Waals surface area (Å²) in [4.78, 5) is 5.06. The summed E-state index contributed by atoms with van der Waals surface area (Å²) < 4.78 is 6.29. The van der Waals surface area contributed by atoms with Gasteiger partial charge in [0.1, 0.15) is 11.2 Å². The fraction of sp³-hybridized carbons (Fsp3) is 0.0606. The van der Waals surface area contributed by atoms with Crippen LogP contribution >= 0.6 is 0 Å². The predicted octanol–water partition coefficient (Wildman–Crippen LogP) is 9.18. The molecule has 2 heteroatoms. The van der Waals surface area contributed by atoms with Crippen molar-refractivity contribution in [3.63, 3.8) is 0 Å². The number of hydrogen-bond acceptors (Lipinski definition) is 2. The highest BCUT2D eigenvalue weighted by atomic mass is 16.3. The Bertz CT molecular complexity index is 1620. The first-order chi connectivity index (χ1) is 17.0. The van der Waals surface area contributed by atoms with Crippen LogP contribution in [0.15, 0.2) is 126 Å². The minimum atomic E-state index is 0.690. The van der Waals surface area contributed by atoms with E-state index in [9.17, 15) is 0 Å². The Balaban J connectivity index is 1.67. The lowest BCUT2D eigenvalue weighted by molar-refractivity contribution is 0.667. The van der Waals surface area contributed by atoms with E-state index in [0.717, 1.165) is 61.1 Å². The number of fused-ring (bicyclic) bond motifs is 3. The molecule has 0 saturated heterocycles. The first-order valence-corrected chi connectivity index (χ1v) is 11.7. The molecular weight excluding hydrogens is 426 g/mol. The summed E-state index contributed by atoms with van der Waals surface area (Å²) >= 11 is 0. The SMILES string of the molecule is C=C(C)c1cccc2c1oc1cccc(C(=C)N=C(/C=C(\C)c3ccccc3)c3ccccc3)c12. The summed E-state index contributed by atoms with van der Waals surface area (Å²) in [7, 11) is 0. The van der Waals surface area contributed by atoms with E-state index in [2.05, 4.69) is 74.7 Å². The van der Waals surface area contributed by atoms with Gasteiger partial charge in [0.05, 0.1) is 11.4 Å². The van der Waals surface area contributed by atoms with Crippen LogP contribution in [0.1, 0.15) is 36.1 Å². The minimum Gasteiger partial charge on any atom is -0.455 e. The molecule has 0 aliphatic rings. The zero-order chi connectivity index (χ0) is 24.4. The normalized spacial score (nSPS) is 12.3. The molecule has 5 rings (SSSR count). The van der Waals surface area contributed by atoms with Gasteiger partial charge in [-0.3, -0.25) is 0 Å². The van der Waals surface area contributed by atoms with Crippen molar-refractivity contribution in [3.8, 4) is 0 Å². The Kier molecular flexibility index (Phi) is 6.03. The van der Waals surface area contributed by atoms with Gasteiger partial charge >= 0.3 is 0 Å². The molecule has 0 bridgehead atoms. The van der Waals surface area contributed by atoms with E-state index in [1.165, 1.54) is 0 Å². The minimum absolute atomic E-state index is 0.690. The van der Waals surface area contributed by atoms with Gasteiger partial charge in [0, 0.05) is 27.5 Å². The fourth-order valence-electron chi connectivity index (χ4n) is 4.41. The monoisotopic (exact) mass is 453 g/mol. The third-order valence-corrected chi connectivity index (χ3v) is 6.20. The molecular formula is C33H27NO. The highest BCUT2D eigenvalue weighted by Crippen LogP contribution is 2.37. The molecule has 0 atom stereocenters. The lowest BCUT2D eigenvalue weighted by Crippen LogP contribution is -1.99. The van der Waals surface area contributed by atoms with E-state index < -0.39 is 0 Å². The maximum Gasteiger partial charge on any atom is 0.142 e. The van der Waals surface area contributed by atoms with Crippen LogP contribution in [0.5, 0.6) is 0 Å². The standard InChI is InChI=1S/C33H27NO/c1-22(2)27-17-11-19-29-32-28(18-12-20-31(32)35-33(27)29)24(4)34-30(26-15-9-6-10-16-26)21-23(3)25-13-7-5-8-14-25/h5-21H,1,4H2,2-3H3/b23-21+,34-30?. The van der Waals surface area contributed by atoms with Crippen molar-refractivity contribution >= 4 is 44.5 Å². The van der Waals surface area contributed by atoms with Gasteiger partial charge in [0.15, 0.2) is 0 Å². The number of nitrogens with zero attached hydrogens (tertiary/aromatic N) is 1. The molecule has 170 valence electrons. The van der Waals surface area contributed by atoms with Crippen LogP contribution in [0.3, 0.4) is 0 Å². The quantitative estimate of drug-likeness (QED) is 0.235. The Morgan fingerprint density at radius 1 is 0.714 bits per heavy atom. The molecule has 35 heavy (non-hydrogen) atoms. The summed E-state index contributed by atoms with van der Waals surface area (Å²) in [5.41, 5.74) is 9.51. The molecule has 0 fully saturated rings. The predicted molar refractivity (Wildman–Crippen MR) is 151 cm³/mol. The van der Waals surface area contributed by atoms with Crippen LogP contribution < -0.4 is 0 Å². The number of rotatable bonds is 6. The first-order valence-electron chi connectivity index (χ1n) is 11.7. The van der Waals surface area contributed by atoms with E-state index in [1.807, 2.05) is 55.5 Å². The van der Waals surface area contributed by atoms with E-state index in [4.69, 9.17) is 9.41 Å². The molecule has 0 amide bonds.